The third-order valence-corrected chi connectivity index (χ3v) is 3.51. The van der Waals surface area contributed by atoms with Crippen LogP contribution in [0.1, 0.15) is 11.1 Å². The number of ether oxygens (including phenoxy) is 1. The Morgan fingerprint density at radius 1 is 0.720 bits per heavy atom. The summed E-state index contributed by atoms with van der Waals surface area (Å²) in [4.78, 5) is 24.1. The van der Waals surface area contributed by atoms with Crippen LogP contribution in [-0.2, 0) is 14.3 Å². The molecular weight excluding hydrogens is 316 g/mol. The quantitative estimate of drug-likeness (QED) is 0.569. The lowest BCUT2D eigenvalue weighted by Gasteiger charge is -2.07. The lowest BCUT2D eigenvalue weighted by atomic mass is 10.0. The van der Waals surface area contributed by atoms with Crippen molar-refractivity contribution >= 4 is 22.7 Å². The van der Waals surface area contributed by atoms with Crippen molar-refractivity contribution in [2.75, 3.05) is 13.1 Å². The summed E-state index contributed by atoms with van der Waals surface area (Å²) in [5.74, 6) is -0.517. The molecule has 0 atom stereocenters. The number of hydrogen-bond acceptors (Lipinski definition) is 5. The zero-order valence-corrected chi connectivity index (χ0v) is 13.7. The van der Waals surface area contributed by atoms with Gasteiger partial charge in [0.25, 0.3) is 0 Å². The highest BCUT2D eigenvalue weighted by molar-refractivity contribution is 6.22. The average Bonchev–Trinajstić information content (AvgIpc) is 2.68. The predicted octanol–water partition coefficient (Wildman–Crippen LogP) is 2.14. The molecule has 2 aromatic rings. The largest absolute Gasteiger partial charge is 0.471 e. The third kappa shape index (κ3) is 4.97. The van der Waals surface area contributed by atoms with Crippen molar-refractivity contribution in [3.63, 3.8) is 0 Å². The molecule has 0 aromatic heterocycles. The summed E-state index contributed by atoms with van der Waals surface area (Å²) in [5, 5.41) is 0. The number of ketones is 2. The van der Waals surface area contributed by atoms with Gasteiger partial charge < -0.3 is 16.2 Å². The lowest BCUT2D eigenvalue weighted by molar-refractivity contribution is -0.113. The van der Waals surface area contributed by atoms with Crippen molar-refractivity contribution in [1.82, 2.24) is 0 Å². The highest BCUT2D eigenvalue weighted by Gasteiger charge is 2.12. The molecule has 0 bridgehead atoms. The number of rotatable bonds is 8. The smallest absolute Gasteiger partial charge is 0.180 e. The first kappa shape index (κ1) is 18.3. The van der Waals surface area contributed by atoms with Crippen LogP contribution in [0.25, 0.3) is 11.1 Å². The molecule has 4 N–H and O–H groups in total. The molecule has 2 aromatic carbocycles. The molecule has 0 amide bonds. The fourth-order valence-corrected chi connectivity index (χ4v) is 2.21. The van der Waals surface area contributed by atoms with E-state index in [1.165, 1.54) is 12.5 Å². The first-order valence-electron chi connectivity index (χ1n) is 7.80. The van der Waals surface area contributed by atoms with E-state index in [0.29, 0.717) is 22.3 Å². The summed E-state index contributed by atoms with van der Waals surface area (Å²) in [5.41, 5.74) is 13.0. The summed E-state index contributed by atoms with van der Waals surface area (Å²) in [7, 11) is 0. The van der Waals surface area contributed by atoms with Crippen molar-refractivity contribution in [1.29, 1.82) is 0 Å². The van der Waals surface area contributed by atoms with E-state index < -0.39 is 0 Å². The minimum absolute atomic E-state index is 0.138. The lowest BCUT2D eigenvalue weighted by Crippen LogP contribution is -2.16. The predicted molar refractivity (Wildman–Crippen MR) is 98.0 cm³/mol. The molecule has 0 heterocycles. The van der Waals surface area contributed by atoms with Crippen LogP contribution in [0, 0.1) is 0 Å². The van der Waals surface area contributed by atoms with Gasteiger partial charge in [-0.2, -0.15) is 0 Å². The molecule has 0 aliphatic heterocycles. The normalized spacial score (nSPS) is 11.9. The van der Waals surface area contributed by atoms with E-state index in [-0.39, 0.29) is 24.7 Å². The van der Waals surface area contributed by atoms with Crippen molar-refractivity contribution < 1.29 is 14.3 Å². The maximum atomic E-state index is 12.1. The molecule has 0 saturated carbocycles. The Labute approximate surface area is 146 Å². The number of benzene rings is 2. The standard InChI is InChI=1S/C20H20N2O3/c21-11-19(23)17(15-7-3-1-4-8-15)13-25-14-18(20(24)12-22)16-9-5-2-6-10-16/h1-10,13-14H,11-12,21-22H2. The highest BCUT2D eigenvalue weighted by Crippen LogP contribution is 2.18. The van der Waals surface area contributed by atoms with E-state index in [0.717, 1.165) is 0 Å². The number of hydrogen-bond donors (Lipinski definition) is 2. The molecule has 0 saturated heterocycles. The summed E-state index contributed by atoms with van der Waals surface area (Å²) >= 11 is 0. The second-order valence-electron chi connectivity index (χ2n) is 5.19. The Balaban J connectivity index is 2.33. The number of Topliss-reactive ketones (excluding diaryl/α,β-unsaturated/α-hetero) is 2. The van der Waals surface area contributed by atoms with E-state index >= 15 is 0 Å². The van der Waals surface area contributed by atoms with Crippen LogP contribution in [0.3, 0.4) is 0 Å². The second-order valence-corrected chi connectivity index (χ2v) is 5.19. The molecule has 5 heteroatoms. The summed E-state index contributed by atoms with van der Waals surface area (Å²) in [6, 6.07) is 18.1. The third-order valence-electron chi connectivity index (χ3n) is 3.51. The van der Waals surface area contributed by atoms with Crippen LogP contribution in [0.5, 0.6) is 0 Å². The highest BCUT2D eigenvalue weighted by atomic mass is 16.5. The van der Waals surface area contributed by atoms with Crippen molar-refractivity contribution in [3.8, 4) is 0 Å². The van der Waals surface area contributed by atoms with E-state index in [1.54, 1.807) is 24.3 Å². The maximum absolute atomic E-state index is 12.1. The molecule has 0 aliphatic carbocycles. The minimum atomic E-state index is -0.258. The van der Waals surface area contributed by atoms with Gasteiger partial charge in [-0.05, 0) is 11.1 Å². The minimum Gasteiger partial charge on any atom is -0.471 e. The van der Waals surface area contributed by atoms with Gasteiger partial charge in [0.15, 0.2) is 11.6 Å². The zero-order valence-electron chi connectivity index (χ0n) is 13.7. The van der Waals surface area contributed by atoms with E-state index in [4.69, 9.17) is 16.2 Å². The molecule has 2 rings (SSSR count). The first-order valence-corrected chi connectivity index (χ1v) is 7.80. The average molecular weight is 336 g/mol. The van der Waals surface area contributed by atoms with Crippen molar-refractivity contribution in [3.05, 3.63) is 84.3 Å². The van der Waals surface area contributed by atoms with Gasteiger partial charge >= 0.3 is 0 Å². The summed E-state index contributed by atoms with van der Waals surface area (Å²) in [6.45, 7) is -0.276. The van der Waals surface area contributed by atoms with E-state index in [9.17, 15) is 9.59 Å². The number of carbonyl (C=O) groups excluding carboxylic acids is 2. The van der Waals surface area contributed by atoms with Crippen molar-refractivity contribution in [2.45, 2.75) is 0 Å². The van der Waals surface area contributed by atoms with Crippen LogP contribution in [-0.4, -0.2) is 24.7 Å². The van der Waals surface area contributed by atoms with Gasteiger partial charge in [0.05, 0.1) is 24.2 Å². The van der Waals surface area contributed by atoms with Crippen LogP contribution in [0.4, 0.5) is 0 Å². The number of nitrogens with two attached hydrogens (primary N) is 2. The SMILES string of the molecule is NCC(=O)C(=COC=C(C(=O)CN)c1ccccc1)c1ccccc1. The first-order chi connectivity index (χ1) is 12.2. The van der Waals surface area contributed by atoms with Gasteiger partial charge in [0.1, 0.15) is 12.5 Å². The fourth-order valence-electron chi connectivity index (χ4n) is 2.21. The molecule has 128 valence electrons. The van der Waals surface area contributed by atoms with Crippen molar-refractivity contribution in [2.24, 2.45) is 11.5 Å². The molecular formula is C20H20N2O3. The zero-order chi connectivity index (χ0) is 18.1. The van der Waals surface area contributed by atoms with Gasteiger partial charge in [-0.25, -0.2) is 0 Å². The molecule has 0 fully saturated rings. The summed E-state index contributed by atoms with van der Waals surface area (Å²) < 4.78 is 5.44. The topological polar surface area (TPSA) is 95.4 Å². The van der Waals surface area contributed by atoms with E-state index in [1.807, 2.05) is 36.4 Å². The molecule has 0 unspecified atom stereocenters. The van der Waals surface area contributed by atoms with Crippen LogP contribution >= 0.6 is 0 Å². The van der Waals surface area contributed by atoms with Gasteiger partial charge in [-0.15, -0.1) is 0 Å². The molecule has 5 nitrogen and oxygen atoms in total. The van der Waals surface area contributed by atoms with Gasteiger partial charge in [-0.3, -0.25) is 9.59 Å². The maximum Gasteiger partial charge on any atom is 0.180 e. The Kier molecular flexibility index (Phi) is 6.83. The van der Waals surface area contributed by atoms with Crippen LogP contribution < -0.4 is 11.5 Å². The van der Waals surface area contributed by atoms with Gasteiger partial charge in [0.2, 0.25) is 0 Å². The number of carbonyl (C=O) groups is 2. The molecule has 25 heavy (non-hydrogen) atoms. The second kappa shape index (κ2) is 9.32. The molecule has 0 aliphatic rings. The molecule has 0 spiro atoms. The Morgan fingerprint density at radius 3 is 1.40 bits per heavy atom. The van der Waals surface area contributed by atoms with Gasteiger partial charge in [-0.1, -0.05) is 60.7 Å². The Bertz CT molecular complexity index is 714. The Hall–Kier alpha value is -3.02. The van der Waals surface area contributed by atoms with E-state index in [2.05, 4.69) is 0 Å². The Morgan fingerprint density at radius 2 is 1.08 bits per heavy atom. The van der Waals surface area contributed by atoms with Gasteiger partial charge in [0, 0.05) is 0 Å². The van der Waals surface area contributed by atoms with Crippen LogP contribution in [0.2, 0.25) is 0 Å². The summed E-state index contributed by atoms with van der Waals surface area (Å²) in [6.07, 6.45) is 2.61. The monoisotopic (exact) mass is 336 g/mol. The molecule has 0 radical (unpaired) electrons. The van der Waals surface area contributed by atoms with Crippen LogP contribution in [0.15, 0.2) is 73.2 Å². The fraction of sp³-hybridized carbons (Fsp3) is 0.100.